The smallest absolute Gasteiger partial charge is 0.336 e. The van der Waals surface area contributed by atoms with Gasteiger partial charge < -0.3 is 18.9 Å². The Kier molecular flexibility index (Phi) is 4.91. The molecule has 0 amide bonds. The van der Waals surface area contributed by atoms with Crippen LogP contribution in [0.25, 0.3) is 6.08 Å². The minimum Gasteiger partial charge on any atom is -0.493 e. The van der Waals surface area contributed by atoms with Crippen LogP contribution in [0.5, 0.6) is 23.0 Å². The lowest BCUT2D eigenvalue weighted by Gasteiger charge is -2.19. The zero-order valence-corrected chi connectivity index (χ0v) is 13.7. The maximum Gasteiger partial charge on any atom is 0.336 e. The second-order valence-electron chi connectivity index (χ2n) is 4.93. The Bertz CT molecular complexity index is 785. The average molecular weight is 347 g/mol. The van der Waals surface area contributed by atoms with Crippen molar-refractivity contribution < 1.29 is 23.7 Å². The predicted molar refractivity (Wildman–Crippen MR) is 90.1 cm³/mol. The summed E-state index contributed by atoms with van der Waals surface area (Å²) < 4.78 is 21.4. The standard InChI is InChI=1S/C18H15ClO5/c1-21-14-4-2-3-5-15(14)24-17(20)7-6-12-10-13(19)18-16(11-12)22-8-9-23-18/h2-7,10-11H,8-9H2,1H3/b7-6+. The van der Waals surface area contributed by atoms with Gasteiger partial charge in [-0.25, -0.2) is 4.79 Å². The maximum atomic E-state index is 12.0. The summed E-state index contributed by atoms with van der Waals surface area (Å²) in [5, 5.41) is 0.435. The Morgan fingerprint density at radius 1 is 1.17 bits per heavy atom. The van der Waals surface area contributed by atoms with Gasteiger partial charge >= 0.3 is 5.97 Å². The van der Waals surface area contributed by atoms with Crippen LogP contribution < -0.4 is 18.9 Å². The molecule has 1 heterocycles. The summed E-state index contributed by atoms with van der Waals surface area (Å²) in [7, 11) is 1.51. The molecule has 0 bridgehead atoms. The molecule has 1 aliphatic heterocycles. The topological polar surface area (TPSA) is 54.0 Å². The number of ether oxygens (including phenoxy) is 4. The van der Waals surface area contributed by atoms with Crippen molar-refractivity contribution in [1.82, 2.24) is 0 Å². The summed E-state index contributed by atoms with van der Waals surface area (Å²) in [6.45, 7) is 0.930. The number of hydrogen-bond donors (Lipinski definition) is 0. The number of halogens is 1. The van der Waals surface area contributed by atoms with Crippen LogP contribution in [0.1, 0.15) is 5.56 Å². The zero-order chi connectivity index (χ0) is 16.9. The molecule has 0 unspecified atom stereocenters. The lowest BCUT2D eigenvalue weighted by atomic mass is 10.2. The van der Waals surface area contributed by atoms with E-state index < -0.39 is 5.97 Å². The second-order valence-corrected chi connectivity index (χ2v) is 5.34. The molecule has 24 heavy (non-hydrogen) atoms. The molecule has 0 N–H and O–H groups in total. The number of para-hydroxylation sites is 2. The normalized spacial score (nSPS) is 12.9. The first-order valence-electron chi connectivity index (χ1n) is 7.29. The maximum absolute atomic E-state index is 12.0. The molecule has 0 atom stereocenters. The number of carbonyl (C=O) groups excluding carboxylic acids is 1. The highest BCUT2D eigenvalue weighted by Crippen LogP contribution is 2.38. The van der Waals surface area contributed by atoms with Gasteiger partial charge in [0.1, 0.15) is 13.2 Å². The highest BCUT2D eigenvalue weighted by Gasteiger charge is 2.16. The van der Waals surface area contributed by atoms with Crippen molar-refractivity contribution >= 4 is 23.6 Å². The fraction of sp³-hybridized carbons (Fsp3) is 0.167. The summed E-state index contributed by atoms with van der Waals surface area (Å²) in [5.41, 5.74) is 0.709. The van der Waals surface area contributed by atoms with Crippen molar-refractivity contribution in [2.24, 2.45) is 0 Å². The van der Waals surface area contributed by atoms with E-state index in [1.807, 2.05) is 0 Å². The zero-order valence-electron chi connectivity index (χ0n) is 13.0. The Morgan fingerprint density at radius 3 is 2.71 bits per heavy atom. The molecule has 0 aromatic heterocycles. The first-order valence-corrected chi connectivity index (χ1v) is 7.67. The molecule has 2 aromatic carbocycles. The van der Waals surface area contributed by atoms with Gasteiger partial charge in [0.25, 0.3) is 0 Å². The molecule has 0 spiro atoms. The van der Waals surface area contributed by atoms with Crippen molar-refractivity contribution in [3.8, 4) is 23.0 Å². The Balaban J connectivity index is 1.73. The van der Waals surface area contributed by atoms with Gasteiger partial charge in [0.2, 0.25) is 0 Å². The van der Waals surface area contributed by atoms with E-state index >= 15 is 0 Å². The van der Waals surface area contributed by atoms with Crippen LogP contribution in [0.2, 0.25) is 5.02 Å². The third kappa shape index (κ3) is 3.63. The quantitative estimate of drug-likeness (QED) is 0.479. The van der Waals surface area contributed by atoms with Crippen LogP contribution in [-0.4, -0.2) is 26.3 Å². The van der Waals surface area contributed by atoms with E-state index in [9.17, 15) is 4.79 Å². The van der Waals surface area contributed by atoms with Crippen LogP contribution in [0.3, 0.4) is 0 Å². The molecule has 0 saturated carbocycles. The van der Waals surface area contributed by atoms with Gasteiger partial charge in [-0.15, -0.1) is 0 Å². The molecule has 0 saturated heterocycles. The fourth-order valence-corrected chi connectivity index (χ4v) is 2.51. The van der Waals surface area contributed by atoms with Gasteiger partial charge in [-0.1, -0.05) is 23.7 Å². The SMILES string of the molecule is COc1ccccc1OC(=O)/C=C/c1cc(Cl)c2c(c1)OCCO2. The van der Waals surface area contributed by atoms with E-state index in [2.05, 4.69) is 0 Å². The number of methoxy groups -OCH3 is 1. The van der Waals surface area contributed by atoms with Crippen LogP contribution in [0.4, 0.5) is 0 Å². The second kappa shape index (κ2) is 7.27. The Hall–Kier alpha value is -2.66. The van der Waals surface area contributed by atoms with Gasteiger partial charge in [0.05, 0.1) is 12.1 Å². The van der Waals surface area contributed by atoms with Crippen molar-refractivity contribution in [3.63, 3.8) is 0 Å². The summed E-state index contributed by atoms with van der Waals surface area (Å²) in [6.07, 6.45) is 2.91. The average Bonchev–Trinajstić information content (AvgIpc) is 2.60. The minimum atomic E-state index is -0.523. The summed E-state index contributed by atoms with van der Waals surface area (Å²) in [4.78, 5) is 12.0. The van der Waals surface area contributed by atoms with Crippen molar-refractivity contribution in [3.05, 3.63) is 53.1 Å². The molecule has 2 aromatic rings. The highest BCUT2D eigenvalue weighted by molar-refractivity contribution is 6.32. The number of carbonyl (C=O) groups is 1. The van der Waals surface area contributed by atoms with E-state index in [0.29, 0.717) is 46.8 Å². The number of hydrogen-bond acceptors (Lipinski definition) is 5. The van der Waals surface area contributed by atoms with E-state index in [0.717, 1.165) is 0 Å². The highest BCUT2D eigenvalue weighted by atomic mass is 35.5. The van der Waals surface area contributed by atoms with Gasteiger partial charge in [-0.05, 0) is 35.9 Å². The summed E-state index contributed by atoms with van der Waals surface area (Å²) in [5.74, 6) is 1.41. The first kappa shape index (κ1) is 16.2. The minimum absolute atomic E-state index is 0.356. The Morgan fingerprint density at radius 2 is 1.92 bits per heavy atom. The summed E-state index contributed by atoms with van der Waals surface area (Å²) >= 11 is 6.16. The number of fused-ring (bicyclic) bond motifs is 1. The number of benzene rings is 2. The molecular formula is C18H15ClO5. The van der Waals surface area contributed by atoms with Crippen molar-refractivity contribution in [2.75, 3.05) is 20.3 Å². The van der Waals surface area contributed by atoms with Gasteiger partial charge in [-0.2, -0.15) is 0 Å². The van der Waals surface area contributed by atoms with E-state index in [1.165, 1.54) is 13.2 Å². The first-order chi connectivity index (χ1) is 11.7. The third-order valence-electron chi connectivity index (χ3n) is 3.31. The Labute approximate surface area is 144 Å². The van der Waals surface area contributed by atoms with Crippen LogP contribution in [-0.2, 0) is 4.79 Å². The third-order valence-corrected chi connectivity index (χ3v) is 3.59. The lowest BCUT2D eigenvalue weighted by Crippen LogP contribution is -2.15. The van der Waals surface area contributed by atoms with Crippen LogP contribution >= 0.6 is 11.6 Å². The van der Waals surface area contributed by atoms with Crippen molar-refractivity contribution in [2.45, 2.75) is 0 Å². The van der Waals surface area contributed by atoms with Gasteiger partial charge in [0, 0.05) is 6.08 Å². The van der Waals surface area contributed by atoms with Gasteiger partial charge in [0.15, 0.2) is 23.0 Å². The molecule has 1 aliphatic rings. The van der Waals surface area contributed by atoms with Gasteiger partial charge in [-0.3, -0.25) is 0 Å². The molecule has 124 valence electrons. The number of esters is 1. The molecule has 3 rings (SSSR count). The van der Waals surface area contributed by atoms with Crippen LogP contribution in [0.15, 0.2) is 42.5 Å². The van der Waals surface area contributed by atoms with E-state index in [4.69, 9.17) is 30.5 Å². The molecule has 6 heteroatoms. The molecule has 0 radical (unpaired) electrons. The molecule has 0 aliphatic carbocycles. The number of rotatable bonds is 4. The fourth-order valence-electron chi connectivity index (χ4n) is 2.24. The largest absolute Gasteiger partial charge is 0.493 e. The lowest BCUT2D eigenvalue weighted by molar-refractivity contribution is -0.129. The van der Waals surface area contributed by atoms with Crippen molar-refractivity contribution in [1.29, 1.82) is 0 Å². The molecule has 0 fully saturated rings. The predicted octanol–water partition coefficient (Wildman–Crippen LogP) is 3.74. The van der Waals surface area contributed by atoms with E-state index in [1.54, 1.807) is 42.5 Å². The molecule has 5 nitrogen and oxygen atoms in total. The summed E-state index contributed by atoms with van der Waals surface area (Å²) in [6, 6.07) is 10.4. The molecular weight excluding hydrogens is 332 g/mol. The van der Waals surface area contributed by atoms with Crippen LogP contribution in [0, 0.1) is 0 Å². The monoisotopic (exact) mass is 346 g/mol. The van der Waals surface area contributed by atoms with E-state index in [-0.39, 0.29) is 0 Å².